The van der Waals surface area contributed by atoms with Crippen molar-refractivity contribution in [3.05, 3.63) is 58.6 Å². The molecule has 1 N–H and O–H groups in total. The molecule has 6 nitrogen and oxygen atoms in total. The third kappa shape index (κ3) is 6.14. The van der Waals surface area contributed by atoms with Crippen LogP contribution in [0.15, 0.2) is 42.5 Å². The maximum atomic E-state index is 12.4. The van der Waals surface area contributed by atoms with Gasteiger partial charge in [-0.3, -0.25) is 9.10 Å². The maximum absolute atomic E-state index is 12.4. The van der Waals surface area contributed by atoms with Crippen molar-refractivity contribution >= 4 is 33.2 Å². The number of carbonyl (C=O) groups excluding carboxylic acids is 1. The van der Waals surface area contributed by atoms with Crippen molar-refractivity contribution < 1.29 is 17.9 Å². The Kier molecular flexibility index (Phi) is 7.32. The van der Waals surface area contributed by atoms with Crippen LogP contribution in [0.4, 0.5) is 5.69 Å². The van der Waals surface area contributed by atoms with E-state index in [0.717, 1.165) is 16.1 Å². The molecule has 1 atom stereocenters. The molecule has 1 unspecified atom stereocenters. The Hall–Kier alpha value is -2.25. The lowest BCUT2D eigenvalue weighted by Crippen LogP contribution is -2.45. The van der Waals surface area contributed by atoms with E-state index in [4.69, 9.17) is 16.3 Å². The van der Waals surface area contributed by atoms with Gasteiger partial charge in [0.1, 0.15) is 18.9 Å². The number of ether oxygens (including phenoxy) is 1. The van der Waals surface area contributed by atoms with Crippen LogP contribution in [0, 0.1) is 13.8 Å². The second-order valence-corrected chi connectivity index (χ2v) is 9.06. The minimum Gasteiger partial charge on any atom is -0.491 e. The van der Waals surface area contributed by atoms with Crippen molar-refractivity contribution in [1.82, 2.24) is 5.32 Å². The molecule has 2 aromatic carbocycles. The molecule has 0 heterocycles. The number of rotatable bonds is 8. The third-order valence-corrected chi connectivity index (χ3v) is 5.66. The maximum Gasteiger partial charge on any atom is 0.241 e. The summed E-state index contributed by atoms with van der Waals surface area (Å²) in [7, 11) is -3.66. The number of amides is 1. The molecule has 1 amide bonds. The zero-order chi connectivity index (χ0) is 20.9. The van der Waals surface area contributed by atoms with Gasteiger partial charge in [0.15, 0.2) is 0 Å². The number of sulfonamides is 1. The van der Waals surface area contributed by atoms with E-state index in [1.807, 2.05) is 31.2 Å². The van der Waals surface area contributed by atoms with Gasteiger partial charge in [-0.2, -0.15) is 0 Å². The molecule has 28 heavy (non-hydrogen) atoms. The summed E-state index contributed by atoms with van der Waals surface area (Å²) < 4.78 is 31.2. The smallest absolute Gasteiger partial charge is 0.241 e. The van der Waals surface area contributed by atoms with Crippen molar-refractivity contribution in [3.63, 3.8) is 0 Å². The molecule has 0 radical (unpaired) electrons. The number of aryl methyl sites for hydroxylation is 1. The lowest BCUT2D eigenvalue weighted by molar-refractivity contribution is -0.120. The van der Waals surface area contributed by atoms with E-state index in [0.29, 0.717) is 22.0 Å². The minimum absolute atomic E-state index is 0.268. The van der Waals surface area contributed by atoms with Crippen LogP contribution in [0.1, 0.15) is 18.1 Å². The molecule has 0 aliphatic heterocycles. The normalized spacial score (nSPS) is 12.3. The van der Waals surface area contributed by atoms with E-state index in [2.05, 4.69) is 5.32 Å². The van der Waals surface area contributed by atoms with Crippen molar-refractivity contribution in [2.75, 3.05) is 23.7 Å². The summed E-state index contributed by atoms with van der Waals surface area (Å²) in [5.74, 6) is 0.281. The molecule has 0 fully saturated rings. The Morgan fingerprint density at radius 1 is 1.18 bits per heavy atom. The Labute approximate surface area is 171 Å². The van der Waals surface area contributed by atoms with E-state index in [1.165, 1.54) is 0 Å². The van der Waals surface area contributed by atoms with E-state index in [1.54, 1.807) is 32.0 Å². The van der Waals surface area contributed by atoms with Crippen molar-refractivity contribution in [1.29, 1.82) is 0 Å². The fraction of sp³-hybridized carbons (Fsp3) is 0.350. The Bertz CT molecular complexity index is 930. The average Bonchev–Trinajstić information content (AvgIpc) is 2.61. The first kappa shape index (κ1) is 22.0. The second kappa shape index (κ2) is 9.30. The predicted octanol–water partition coefficient (Wildman–Crippen LogP) is 3.31. The number of benzene rings is 2. The number of halogens is 1. The number of anilines is 1. The predicted molar refractivity (Wildman–Crippen MR) is 113 cm³/mol. The number of hydrogen-bond acceptors (Lipinski definition) is 4. The first-order valence-electron chi connectivity index (χ1n) is 8.79. The van der Waals surface area contributed by atoms with Crippen LogP contribution in [-0.4, -0.2) is 39.8 Å². The van der Waals surface area contributed by atoms with Crippen LogP contribution >= 0.6 is 11.6 Å². The average molecular weight is 425 g/mol. The SMILES string of the molecule is Cc1ccc(OCC(C)NC(=O)CN(c2cccc(Cl)c2C)S(C)(=O)=O)cc1. The molecule has 0 spiro atoms. The van der Waals surface area contributed by atoms with Gasteiger partial charge in [0, 0.05) is 5.02 Å². The van der Waals surface area contributed by atoms with Crippen LogP contribution in [-0.2, 0) is 14.8 Å². The van der Waals surface area contributed by atoms with Crippen LogP contribution < -0.4 is 14.4 Å². The number of nitrogens with zero attached hydrogens (tertiary/aromatic N) is 1. The molecule has 2 rings (SSSR count). The second-order valence-electron chi connectivity index (χ2n) is 6.75. The molecular formula is C20H25ClN2O4S. The van der Waals surface area contributed by atoms with E-state index in [-0.39, 0.29) is 19.2 Å². The summed E-state index contributed by atoms with van der Waals surface area (Å²) in [5.41, 5.74) is 2.11. The molecule has 0 saturated carbocycles. The molecule has 0 aliphatic rings. The van der Waals surface area contributed by atoms with Crippen LogP contribution in [0.5, 0.6) is 5.75 Å². The highest BCUT2D eigenvalue weighted by Crippen LogP contribution is 2.28. The van der Waals surface area contributed by atoms with Gasteiger partial charge in [0.2, 0.25) is 15.9 Å². The van der Waals surface area contributed by atoms with Crippen LogP contribution in [0.3, 0.4) is 0 Å². The number of hydrogen-bond donors (Lipinski definition) is 1. The fourth-order valence-corrected chi connectivity index (χ4v) is 3.67. The molecule has 152 valence electrons. The Balaban J connectivity index is 2.01. The highest BCUT2D eigenvalue weighted by Gasteiger charge is 2.23. The molecule has 2 aromatic rings. The van der Waals surface area contributed by atoms with Gasteiger partial charge in [0.05, 0.1) is 18.0 Å². The fourth-order valence-electron chi connectivity index (χ4n) is 2.60. The van der Waals surface area contributed by atoms with Crippen molar-refractivity contribution in [2.45, 2.75) is 26.8 Å². The lowest BCUT2D eigenvalue weighted by atomic mass is 10.2. The molecule has 0 bridgehead atoms. The van der Waals surface area contributed by atoms with Gasteiger partial charge >= 0.3 is 0 Å². The summed E-state index contributed by atoms with van der Waals surface area (Å²) >= 11 is 6.10. The summed E-state index contributed by atoms with van der Waals surface area (Å²) in [5, 5.41) is 3.20. The molecule has 0 aliphatic carbocycles. The number of carbonyl (C=O) groups is 1. The van der Waals surface area contributed by atoms with Gasteiger partial charge in [0.25, 0.3) is 0 Å². The van der Waals surface area contributed by atoms with Crippen molar-refractivity contribution in [2.24, 2.45) is 0 Å². The van der Waals surface area contributed by atoms with Gasteiger partial charge in [-0.25, -0.2) is 8.42 Å². The van der Waals surface area contributed by atoms with Crippen LogP contribution in [0.25, 0.3) is 0 Å². The molecular weight excluding hydrogens is 400 g/mol. The summed E-state index contributed by atoms with van der Waals surface area (Å²) in [6.07, 6.45) is 1.06. The summed E-state index contributed by atoms with van der Waals surface area (Å²) in [6.45, 7) is 5.42. The topological polar surface area (TPSA) is 75.7 Å². The summed E-state index contributed by atoms with van der Waals surface area (Å²) in [4.78, 5) is 12.4. The third-order valence-electron chi connectivity index (χ3n) is 4.12. The first-order valence-corrected chi connectivity index (χ1v) is 11.0. The highest BCUT2D eigenvalue weighted by atomic mass is 35.5. The van der Waals surface area contributed by atoms with Gasteiger partial charge in [-0.05, 0) is 50.6 Å². The van der Waals surface area contributed by atoms with Crippen molar-refractivity contribution in [3.8, 4) is 5.75 Å². The summed E-state index contributed by atoms with van der Waals surface area (Å²) in [6, 6.07) is 12.2. The van der Waals surface area contributed by atoms with E-state index in [9.17, 15) is 13.2 Å². The minimum atomic E-state index is -3.66. The Morgan fingerprint density at radius 3 is 2.43 bits per heavy atom. The molecule has 8 heteroatoms. The first-order chi connectivity index (χ1) is 13.1. The zero-order valence-electron chi connectivity index (χ0n) is 16.4. The zero-order valence-corrected chi connectivity index (χ0v) is 18.0. The Morgan fingerprint density at radius 2 is 1.82 bits per heavy atom. The van der Waals surface area contributed by atoms with E-state index < -0.39 is 15.9 Å². The lowest BCUT2D eigenvalue weighted by Gasteiger charge is -2.25. The van der Waals surface area contributed by atoms with Crippen LogP contribution in [0.2, 0.25) is 5.02 Å². The monoisotopic (exact) mass is 424 g/mol. The van der Waals surface area contributed by atoms with E-state index >= 15 is 0 Å². The highest BCUT2D eigenvalue weighted by molar-refractivity contribution is 7.92. The molecule has 0 saturated heterocycles. The standard InChI is InChI=1S/C20H25ClN2O4S/c1-14-8-10-17(11-9-14)27-13-15(2)22-20(24)12-23(28(4,25)26)19-7-5-6-18(21)16(19)3/h5-11,15H,12-13H2,1-4H3,(H,22,24). The molecule has 0 aromatic heterocycles. The van der Waals surface area contributed by atoms with Gasteiger partial charge in [-0.15, -0.1) is 0 Å². The quantitative estimate of drug-likeness (QED) is 0.705. The van der Waals surface area contributed by atoms with Gasteiger partial charge < -0.3 is 10.1 Å². The number of nitrogens with one attached hydrogen (secondary N) is 1. The largest absolute Gasteiger partial charge is 0.491 e. The van der Waals surface area contributed by atoms with Gasteiger partial charge in [-0.1, -0.05) is 35.4 Å².